The SMILES string of the molecule is CCN(CC)CCOC(=O)C1=CCSC2N1C(=O)C2(NC(=O)Cc1cccs1)OC. The highest BCUT2D eigenvalue weighted by Crippen LogP contribution is 2.44. The highest BCUT2D eigenvalue weighted by Gasteiger charge is 2.66. The molecule has 2 aliphatic rings. The van der Waals surface area contributed by atoms with Crippen molar-refractivity contribution in [3.63, 3.8) is 0 Å². The molecular formula is C20H27N3O5S2. The number of nitrogens with zero attached hydrogens (tertiary/aromatic N) is 2. The highest BCUT2D eigenvalue weighted by molar-refractivity contribution is 8.00. The number of thiophene rings is 1. The number of carbonyl (C=O) groups excluding carboxylic acids is 3. The van der Waals surface area contributed by atoms with Crippen molar-refractivity contribution in [1.29, 1.82) is 0 Å². The van der Waals surface area contributed by atoms with Gasteiger partial charge in [0, 0.05) is 24.3 Å². The van der Waals surface area contributed by atoms with Crippen LogP contribution in [0.4, 0.5) is 0 Å². The summed E-state index contributed by atoms with van der Waals surface area (Å²) in [6.07, 6.45) is 1.86. The first-order valence-electron chi connectivity index (χ1n) is 9.90. The van der Waals surface area contributed by atoms with E-state index in [1.807, 2.05) is 31.4 Å². The van der Waals surface area contributed by atoms with Crippen molar-refractivity contribution < 1.29 is 23.9 Å². The van der Waals surface area contributed by atoms with E-state index in [0.717, 1.165) is 18.0 Å². The van der Waals surface area contributed by atoms with Gasteiger partial charge in [-0.05, 0) is 30.6 Å². The summed E-state index contributed by atoms with van der Waals surface area (Å²) >= 11 is 2.91. The van der Waals surface area contributed by atoms with Gasteiger partial charge < -0.3 is 19.7 Å². The number of hydrogen-bond donors (Lipinski definition) is 1. The number of methoxy groups -OCH3 is 1. The molecule has 30 heavy (non-hydrogen) atoms. The Bertz CT molecular complexity index is 809. The van der Waals surface area contributed by atoms with E-state index in [1.54, 1.807) is 6.08 Å². The number of rotatable bonds is 10. The van der Waals surface area contributed by atoms with Crippen LogP contribution in [0.1, 0.15) is 18.7 Å². The standard InChI is InChI=1S/C20H27N3O5S2/c1-4-22(5-2)9-10-28-17(25)15-8-12-30-19-20(27-3,18(26)23(15)19)21-16(24)13-14-7-6-11-29-14/h6-8,11,19H,4-5,9-10,12-13H2,1-3H3,(H,21,24). The molecule has 0 spiro atoms. The third-order valence-electron chi connectivity index (χ3n) is 5.22. The predicted octanol–water partition coefficient (Wildman–Crippen LogP) is 1.43. The normalized spacial score (nSPS) is 22.9. The second-order valence-electron chi connectivity index (χ2n) is 6.86. The van der Waals surface area contributed by atoms with Crippen LogP contribution in [-0.4, -0.2) is 77.8 Å². The van der Waals surface area contributed by atoms with Crippen LogP contribution in [0.15, 0.2) is 29.3 Å². The number of carbonyl (C=O) groups is 3. The zero-order valence-corrected chi connectivity index (χ0v) is 19.0. The van der Waals surface area contributed by atoms with Crippen LogP contribution in [0.5, 0.6) is 0 Å². The minimum absolute atomic E-state index is 0.170. The van der Waals surface area contributed by atoms with E-state index in [0.29, 0.717) is 12.3 Å². The van der Waals surface area contributed by atoms with Crippen molar-refractivity contribution in [3.05, 3.63) is 34.2 Å². The van der Waals surface area contributed by atoms with E-state index in [-0.39, 0.29) is 24.6 Å². The summed E-state index contributed by atoms with van der Waals surface area (Å²) in [5.41, 5.74) is -1.26. The molecule has 2 amide bonds. The number of esters is 1. The fraction of sp³-hybridized carbons (Fsp3) is 0.550. The van der Waals surface area contributed by atoms with Crippen molar-refractivity contribution in [2.75, 3.05) is 39.1 Å². The Kier molecular flexibility index (Phi) is 7.56. The number of thioether (sulfide) groups is 1. The molecule has 1 aromatic rings. The molecule has 1 saturated heterocycles. The van der Waals surface area contributed by atoms with Crippen LogP contribution in [0.2, 0.25) is 0 Å². The van der Waals surface area contributed by atoms with E-state index >= 15 is 0 Å². The molecule has 2 aliphatic heterocycles. The minimum atomic E-state index is -1.47. The molecule has 0 aromatic carbocycles. The highest BCUT2D eigenvalue weighted by atomic mass is 32.2. The summed E-state index contributed by atoms with van der Waals surface area (Å²) in [4.78, 5) is 42.5. The summed E-state index contributed by atoms with van der Waals surface area (Å²) in [6.45, 7) is 6.74. The largest absolute Gasteiger partial charge is 0.460 e. The zero-order valence-electron chi connectivity index (χ0n) is 17.4. The molecule has 164 valence electrons. The average molecular weight is 454 g/mol. The second-order valence-corrected chi connectivity index (χ2v) is 9.00. The van der Waals surface area contributed by atoms with Crippen LogP contribution in [0.3, 0.4) is 0 Å². The van der Waals surface area contributed by atoms with Gasteiger partial charge in [-0.1, -0.05) is 19.9 Å². The molecule has 2 unspecified atom stereocenters. The Hall–Kier alpha value is -1.88. The molecule has 3 rings (SSSR count). The molecule has 1 aromatic heterocycles. The third kappa shape index (κ3) is 4.41. The van der Waals surface area contributed by atoms with Gasteiger partial charge in [0.15, 0.2) is 0 Å². The van der Waals surface area contributed by atoms with Gasteiger partial charge in [-0.3, -0.25) is 14.5 Å². The number of nitrogens with one attached hydrogen (secondary N) is 1. The van der Waals surface area contributed by atoms with E-state index in [1.165, 1.54) is 35.1 Å². The Morgan fingerprint density at radius 1 is 1.37 bits per heavy atom. The summed E-state index contributed by atoms with van der Waals surface area (Å²) in [5.74, 6) is -0.782. The molecule has 0 radical (unpaired) electrons. The smallest absolute Gasteiger partial charge is 0.354 e. The van der Waals surface area contributed by atoms with Gasteiger partial charge in [0.1, 0.15) is 17.7 Å². The van der Waals surface area contributed by atoms with Crippen LogP contribution in [0, 0.1) is 0 Å². The first-order chi connectivity index (χ1) is 14.5. The average Bonchev–Trinajstić information content (AvgIpc) is 3.26. The molecule has 0 aliphatic carbocycles. The topological polar surface area (TPSA) is 88.2 Å². The fourth-order valence-corrected chi connectivity index (χ4v) is 5.48. The van der Waals surface area contributed by atoms with Crippen LogP contribution < -0.4 is 5.32 Å². The first-order valence-corrected chi connectivity index (χ1v) is 11.8. The molecule has 2 atom stereocenters. The number of amides is 2. The zero-order chi connectivity index (χ0) is 21.7. The molecule has 0 saturated carbocycles. The monoisotopic (exact) mass is 453 g/mol. The molecular weight excluding hydrogens is 426 g/mol. The molecule has 10 heteroatoms. The number of fused-ring (bicyclic) bond motifs is 1. The van der Waals surface area contributed by atoms with E-state index in [4.69, 9.17) is 9.47 Å². The lowest BCUT2D eigenvalue weighted by Gasteiger charge is -2.55. The van der Waals surface area contributed by atoms with Crippen LogP contribution >= 0.6 is 23.1 Å². The number of ether oxygens (including phenoxy) is 2. The lowest BCUT2D eigenvalue weighted by molar-refractivity contribution is -0.192. The predicted molar refractivity (Wildman–Crippen MR) is 116 cm³/mol. The van der Waals surface area contributed by atoms with Gasteiger partial charge >= 0.3 is 5.97 Å². The number of likely N-dealkylation sites (N-methyl/N-ethyl adjacent to an activating group) is 1. The van der Waals surface area contributed by atoms with Gasteiger partial charge in [-0.2, -0.15) is 0 Å². The minimum Gasteiger partial charge on any atom is -0.460 e. The van der Waals surface area contributed by atoms with Crippen molar-refractivity contribution in [3.8, 4) is 0 Å². The van der Waals surface area contributed by atoms with Crippen molar-refractivity contribution in [1.82, 2.24) is 15.1 Å². The summed E-state index contributed by atoms with van der Waals surface area (Å²) in [5, 5.41) is 4.12. The van der Waals surface area contributed by atoms with Crippen molar-refractivity contribution in [2.24, 2.45) is 0 Å². The molecule has 3 heterocycles. The second kappa shape index (κ2) is 9.95. The maximum atomic E-state index is 13.0. The maximum absolute atomic E-state index is 13.0. The van der Waals surface area contributed by atoms with Gasteiger partial charge in [-0.25, -0.2) is 4.79 Å². The fourth-order valence-electron chi connectivity index (χ4n) is 3.49. The lowest BCUT2D eigenvalue weighted by atomic mass is 9.99. The van der Waals surface area contributed by atoms with Gasteiger partial charge in [0.05, 0.1) is 6.42 Å². The van der Waals surface area contributed by atoms with Gasteiger partial charge in [0.25, 0.3) is 11.6 Å². The number of β-lactam (4-membered cyclic amide) rings is 1. The van der Waals surface area contributed by atoms with Crippen LogP contribution in [-0.2, 0) is 30.3 Å². The first kappa shape index (κ1) is 22.8. The summed E-state index contributed by atoms with van der Waals surface area (Å²) < 4.78 is 10.9. The quantitative estimate of drug-likeness (QED) is 0.326. The summed E-state index contributed by atoms with van der Waals surface area (Å²) in [7, 11) is 1.39. The molecule has 1 fully saturated rings. The van der Waals surface area contributed by atoms with E-state index in [9.17, 15) is 14.4 Å². The van der Waals surface area contributed by atoms with Crippen LogP contribution in [0.25, 0.3) is 0 Å². The Morgan fingerprint density at radius 2 is 2.13 bits per heavy atom. The van der Waals surface area contributed by atoms with Crippen molar-refractivity contribution >= 4 is 40.9 Å². The third-order valence-corrected chi connectivity index (χ3v) is 7.31. The molecule has 1 N–H and O–H groups in total. The Morgan fingerprint density at radius 3 is 2.77 bits per heavy atom. The summed E-state index contributed by atoms with van der Waals surface area (Å²) in [6, 6.07) is 3.73. The Balaban J connectivity index is 1.63. The van der Waals surface area contributed by atoms with Gasteiger partial charge in [0.2, 0.25) is 5.91 Å². The molecule has 0 bridgehead atoms. The van der Waals surface area contributed by atoms with Crippen molar-refractivity contribution in [2.45, 2.75) is 31.4 Å². The lowest BCUT2D eigenvalue weighted by Crippen LogP contribution is -2.80. The molecule has 8 nitrogen and oxygen atoms in total. The van der Waals surface area contributed by atoms with E-state index < -0.39 is 23.0 Å². The van der Waals surface area contributed by atoms with Gasteiger partial charge in [-0.15, -0.1) is 23.1 Å². The van der Waals surface area contributed by atoms with E-state index in [2.05, 4.69) is 10.2 Å². The Labute approximate surface area is 184 Å². The number of hydrogen-bond acceptors (Lipinski definition) is 8. The maximum Gasteiger partial charge on any atom is 0.354 e.